The molecule has 6 aromatic carbocycles. The molecular weight excluding hydrogens is 710 g/mol. The van der Waals surface area contributed by atoms with Crippen molar-refractivity contribution in [2.75, 3.05) is 0 Å². The summed E-state index contributed by atoms with van der Waals surface area (Å²) in [5.74, 6) is 0. The van der Waals surface area contributed by atoms with Gasteiger partial charge in [-0.3, -0.25) is 0 Å². The van der Waals surface area contributed by atoms with Crippen LogP contribution in [-0.4, -0.2) is 9.52 Å². The molecule has 0 aromatic heterocycles. The van der Waals surface area contributed by atoms with Gasteiger partial charge in [0.15, 0.2) is 0 Å². The molecule has 202 valence electrons. The fourth-order valence-electron chi connectivity index (χ4n) is 4.99. The number of aryl methyl sites for hydroxylation is 4. The third kappa shape index (κ3) is 8.39. The number of fused-ring (bicyclic) bond motifs is 2. The van der Waals surface area contributed by atoms with Crippen LogP contribution in [0.3, 0.4) is 0 Å². The van der Waals surface area contributed by atoms with Gasteiger partial charge in [-0.1, -0.05) is 98.7 Å². The van der Waals surface area contributed by atoms with Gasteiger partial charge in [0.05, 0.1) is 0 Å². The van der Waals surface area contributed by atoms with Crippen LogP contribution in [0.2, 0.25) is 13.1 Å². The molecule has 6 rings (SSSR count). The van der Waals surface area contributed by atoms with Gasteiger partial charge in [0, 0.05) is 9.52 Å². The van der Waals surface area contributed by atoms with Crippen LogP contribution in [0.5, 0.6) is 0 Å². The zero-order valence-corrected chi connectivity index (χ0v) is 30.3. The summed E-state index contributed by atoms with van der Waals surface area (Å²) in [6, 6.07) is 39.3. The second-order valence-electron chi connectivity index (χ2n) is 9.81. The standard InChI is InChI=1S/2C17H15.C2H6Si.2ClH.Hf/c2*1-12-10-14-7-5-9-16(17(14)11-12)15-8-4-3-6-13(15)2;1-3-2;;;/h2*3-11H,1-2H3;1-2H3;2*1H;/q2*-1;;;;+4/p-2. The predicted molar refractivity (Wildman–Crippen MR) is 166 cm³/mol. The zero-order chi connectivity index (χ0) is 26.4. The van der Waals surface area contributed by atoms with E-state index in [1.165, 1.54) is 66.1 Å². The fraction of sp³-hybridized carbons (Fsp3) is 0.167. The molecule has 0 heterocycles. The Balaban J connectivity index is 0.000000341. The van der Waals surface area contributed by atoms with Crippen LogP contribution in [0.1, 0.15) is 22.3 Å². The normalized spacial score (nSPS) is 9.75. The van der Waals surface area contributed by atoms with E-state index in [1.54, 1.807) is 0 Å². The van der Waals surface area contributed by atoms with E-state index < -0.39 is 0 Å². The van der Waals surface area contributed by atoms with Gasteiger partial charge >= 0.3 is 25.8 Å². The van der Waals surface area contributed by atoms with Crippen molar-refractivity contribution >= 4 is 31.1 Å². The number of halogens is 2. The summed E-state index contributed by atoms with van der Waals surface area (Å²) >= 11 is 0. The molecule has 0 nitrogen and oxygen atoms in total. The maximum absolute atomic E-state index is 2.27. The molecule has 0 unspecified atom stereocenters. The first-order valence-electron chi connectivity index (χ1n) is 13.0. The van der Waals surface area contributed by atoms with Gasteiger partial charge in [0.25, 0.3) is 0 Å². The molecule has 2 radical (unpaired) electrons. The maximum Gasteiger partial charge on any atom is 4.00 e. The van der Waals surface area contributed by atoms with E-state index in [4.69, 9.17) is 0 Å². The van der Waals surface area contributed by atoms with Gasteiger partial charge in [0.1, 0.15) is 0 Å². The minimum atomic E-state index is 0. The molecule has 0 aliphatic carbocycles. The van der Waals surface area contributed by atoms with Crippen LogP contribution in [0.25, 0.3) is 43.8 Å². The van der Waals surface area contributed by atoms with Crippen molar-refractivity contribution in [3.05, 3.63) is 131 Å². The number of hydrogen-bond donors (Lipinski definition) is 0. The Kier molecular flexibility index (Phi) is 15.1. The third-order valence-electron chi connectivity index (χ3n) is 6.66. The Hall–Kier alpha value is -2.23. The van der Waals surface area contributed by atoms with Crippen molar-refractivity contribution in [3.63, 3.8) is 0 Å². The second kappa shape index (κ2) is 16.9. The average Bonchev–Trinajstić information content (AvgIpc) is 3.46. The molecule has 0 N–H and O–H groups in total. The summed E-state index contributed by atoms with van der Waals surface area (Å²) in [7, 11) is 1.08. The molecule has 0 spiro atoms. The molecule has 0 atom stereocenters. The summed E-state index contributed by atoms with van der Waals surface area (Å²) in [6.45, 7) is 13.0. The van der Waals surface area contributed by atoms with Crippen LogP contribution < -0.4 is 24.8 Å². The van der Waals surface area contributed by atoms with Gasteiger partial charge in [-0.15, -0.1) is 69.1 Å². The van der Waals surface area contributed by atoms with Crippen LogP contribution in [-0.2, 0) is 25.8 Å². The Morgan fingerprint density at radius 3 is 1.15 bits per heavy atom. The van der Waals surface area contributed by atoms with Crippen LogP contribution in [0.15, 0.2) is 109 Å². The Morgan fingerprint density at radius 2 is 0.800 bits per heavy atom. The smallest absolute Gasteiger partial charge is 1.00 e. The number of rotatable bonds is 2. The largest absolute Gasteiger partial charge is 4.00 e. The molecule has 0 amide bonds. The van der Waals surface area contributed by atoms with Gasteiger partial charge in [-0.25, -0.2) is 0 Å². The average molecular weight is 746 g/mol. The first-order chi connectivity index (χ1) is 17.9. The topological polar surface area (TPSA) is 0 Å². The first kappa shape index (κ1) is 35.8. The summed E-state index contributed by atoms with van der Waals surface area (Å²) in [5, 5.41) is 5.39. The molecule has 0 aliphatic rings. The zero-order valence-electron chi connectivity index (χ0n) is 24.1. The molecule has 6 aromatic rings. The predicted octanol–water partition coefficient (Wildman–Crippen LogP) is 4.48. The van der Waals surface area contributed by atoms with E-state index in [2.05, 4.69) is 150 Å². The van der Waals surface area contributed by atoms with Crippen molar-refractivity contribution in [2.45, 2.75) is 40.8 Å². The van der Waals surface area contributed by atoms with Gasteiger partial charge in [0.2, 0.25) is 0 Å². The van der Waals surface area contributed by atoms with Crippen LogP contribution in [0, 0.1) is 27.7 Å². The fourth-order valence-corrected chi connectivity index (χ4v) is 4.99. The van der Waals surface area contributed by atoms with E-state index in [9.17, 15) is 0 Å². The van der Waals surface area contributed by atoms with Crippen LogP contribution >= 0.6 is 0 Å². The molecule has 4 heteroatoms. The van der Waals surface area contributed by atoms with Gasteiger partial charge in [-0.05, 0) is 36.1 Å². The van der Waals surface area contributed by atoms with Crippen molar-refractivity contribution < 1.29 is 50.7 Å². The molecule has 40 heavy (non-hydrogen) atoms. The molecular formula is C36H36Cl2HfSi. The monoisotopic (exact) mass is 746 g/mol. The molecule has 0 saturated heterocycles. The van der Waals surface area contributed by atoms with Crippen molar-refractivity contribution in [1.82, 2.24) is 0 Å². The van der Waals surface area contributed by atoms with E-state index in [0.717, 1.165) is 9.52 Å². The van der Waals surface area contributed by atoms with Gasteiger partial charge < -0.3 is 24.8 Å². The van der Waals surface area contributed by atoms with Gasteiger partial charge in [-0.2, -0.15) is 12.1 Å². The summed E-state index contributed by atoms with van der Waals surface area (Å²) in [5.41, 5.74) is 10.7. The van der Waals surface area contributed by atoms with E-state index >= 15 is 0 Å². The number of benzene rings is 4. The first-order valence-corrected chi connectivity index (χ1v) is 15.0. The third-order valence-corrected chi connectivity index (χ3v) is 6.66. The molecule has 0 aliphatic heterocycles. The van der Waals surface area contributed by atoms with E-state index in [-0.39, 0.29) is 50.7 Å². The SMILES string of the molecule is C[Si]C.Cc1cc2c(-c3ccccc3C)cccc2[cH-]1.Cc1cc2c(-c3ccccc3C)cccc2[cH-]1.[Cl-].[Cl-].[Hf+4]. The van der Waals surface area contributed by atoms with Crippen LogP contribution in [0.4, 0.5) is 0 Å². The van der Waals surface area contributed by atoms with Crippen molar-refractivity contribution in [2.24, 2.45) is 0 Å². The Labute approximate surface area is 274 Å². The molecule has 0 bridgehead atoms. The van der Waals surface area contributed by atoms with E-state index in [1.807, 2.05) is 0 Å². The van der Waals surface area contributed by atoms with Crippen molar-refractivity contribution in [3.8, 4) is 22.3 Å². The minimum Gasteiger partial charge on any atom is -1.00 e. The summed E-state index contributed by atoms with van der Waals surface area (Å²) in [4.78, 5) is 0. The Morgan fingerprint density at radius 1 is 0.475 bits per heavy atom. The quantitative estimate of drug-likeness (QED) is 0.182. The Bertz CT molecular complexity index is 1510. The minimum absolute atomic E-state index is 0. The molecule has 0 saturated carbocycles. The second-order valence-corrected chi connectivity index (χ2v) is 10.8. The van der Waals surface area contributed by atoms with Crippen molar-refractivity contribution in [1.29, 1.82) is 0 Å². The maximum atomic E-state index is 2.27. The summed E-state index contributed by atoms with van der Waals surface area (Å²) in [6.07, 6.45) is 0. The molecule has 0 fully saturated rings. The summed E-state index contributed by atoms with van der Waals surface area (Å²) < 4.78 is 0. The van der Waals surface area contributed by atoms with E-state index in [0.29, 0.717) is 0 Å². The number of hydrogen-bond acceptors (Lipinski definition) is 0.